The summed E-state index contributed by atoms with van der Waals surface area (Å²) in [4.78, 5) is 11.2. The number of carbonyl (C=O) groups excluding carboxylic acids is 1. The minimum absolute atomic E-state index is 0.181. The summed E-state index contributed by atoms with van der Waals surface area (Å²) >= 11 is 0. The maximum Gasteiger partial charge on any atom is 0.322 e. The van der Waals surface area contributed by atoms with Gasteiger partial charge in [-0.15, -0.1) is 0 Å². The number of nitrogens with one attached hydrogen (secondary N) is 1. The lowest BCUT2D eigenvalue weighted by Crippen LogP contribution is -2.51. The minimum Gasteiger partial charge on any atom is -0.496 e. The third-order valence-corrected chi connectivity index (χ3v) is 2.87. The minimum atomic E-state index is -0.203. The average molecular weight is 221 g/mol. The van der Waals surface area contributed by atoms with Crippen LogP contribution in [-0.2, 0) is 9.53 Å². The third kappa shape index (κ3) is 1.88. The number of rotatable bonds is 3. The van der Waals surface area contributed by atoms with Crippen LogP contribution in [0.2, 0.25) is 0 Å². The molecule has 1 saturated heterocycles. The van der Waals surface area contributed by atoms with Gasteiger partial charge in [0, 0.05) is 11.6 Å². The van der Waals surface area contributed by atoms with E-state index in [-0.39, 0.29) is 18.1 Å². The molecule has 0 aromatic heterocycles. The van der Waals surface area contributed by atoms with Crippen LogP contribution in [0, 0.1) is 0 Å². The summed E-state index contributed by atoms with van der Waals surface area (Å²) in [7, 11) is 3.05. The molecule has 1 aliphatic rings. The molecule has 1 N–H and O–H groups in total. The highest BCUT2D eigenvalue weighted by molar-refractivity contribution is 5.77. The monoisotopic (exact) mass is 221 g/mol. The Balaban J connectivity index is 2.03. The van der Waals surface area contributed by atoms with Crippen molar-refractivity contribution >= 4 is 5.97 Å². The van der Waals surface area contributed by atoms with E-state index in [1.165, 1.54) is 7.11 Å². The lowest BCUT2D eigenvalue weighted by atomic mass is 9.90. The highest BCUT2D eigenvalue weighted by Gasteiger charge is 2.36. The molecule has 1 aromatic rings. The summed E-state index contributed by atoms with van der Waals surface area (Å²) in [5.41, 5.74) is 1.09. The molecule has 0 radical (unpaired) electrons. The van der Waals surface area contributed by atoms with E-state index in [0.29, 0.717) is 0 Å². The molecule has 1 heterocycles. The first-order valence-corrected chi connectivity index (χ1v) is 5.23. The molecule has 2 atom stereocenters. The Morgan fingerprint density at radius 2 is 2.06 bits per heavy atom. The summed E-state index contributed by atoms with van der Waals surface area (Å²) in [5, 5.41) is 3.17. The van der Waals surface area contributed by atoms with Crippen LogP contribution in [0.25, 0.3) is 0 Å². The van der Waals surface area contributed by atoms with Gasteiger partial charge in [-0.1, -0.05) is 18.2 Å². The molecule has 1 aliphatic heterocycles. The van der Waals surface area contributed by atoms with Gasteiger partial charge in [-0.2, -0.15) is 0 Å². The van der Waals surface area contributed by atoms with Crippen molar-refractivity contribution in [3.05, 3.63) is 29.8 Å². The Morgan fingerprint density at radius 1 is 1.38 bits per heavy atom. The van der Waals surface area contributed by atoms with Crippen molar-refractivity contribution < 1.29 is 14.3 Å². The molecular weight excluding hydrogens is 206 g/mol. The molecule has 1 fully saturated rings. The zero-order valence-electron chi connectivity index (χ0n) is 9.40. The molecule has 2 rings (SSSR count). The van der Waals surface area contributed by atoms with Crippen molar-refractivity contribution in [2.24, 2.45) is 0 Å². The second kappa shape index (κ2) is 4.53. The molecule has 0 spiro atoms. The highest BCUT2D eigenvalue weighted by atomic mass is 16.5. The lowest BCUT2D eigenvalue weighted by molar-refractivity contribution is -0.146. The predicted octanol–water partition coefficient (Wildman–Crippen LogP) is 1.27. The fourth-order valence-corrected chi connectivity index (χ4v) is 1.93. The van der Waals surface area contributed by atoms with Gasteiger partial charge in [-0.25, -0.2) is 0 Å². The summed E-state index contributed by atoms with van der Waals surface area (Å²) in [5.74, 6) is 0.648. The van der Waals surface area contributed by atoms with Gasteiger partial charge in [0.1, 0.15) is 11.8 Å². The number of carbonyl (C=O) groups is 1. The van der Waals surface area contributed by atoms with Crippen molar-refractivity contribution in [3.63, 3.8) is 0 Å². The molecule has 0 aliphatic carbocycles. The largest absolute Gasteiger partial charge is 0.496 e. The number of para-hydroxylation sites is 1. The number of methoxy groups -OCH3 is 2. The first-order valence-electron chi connectivity index (χ1n) is 5.23. The maximum atomic E-state index is 11.2. The molecule has 1 aromatic carbocycles. The first-order chi connectivity index (χ1) is 7.76. The van der Waals surface area contributed by atoms with Gasteiger partial charge in [0.05, 0.1) is 14.2 Å². The van der Waals surface area contributed by atoms with Gasteiger partial charge in [0.2, 0.25) is 0 Å². The second-order valence-electron chi connectivity index (χ2n) is 3.77. The predicted molar refractivity (Wildman–Crippen MR) is 59.3 cm³/mol. The van der Waals surface area contributed by atoms with E-state index >= 15 is 0 Å². The van der Waals surface area contributed by atoms with E-state index in [0.717, 1.165) is 17.7 Å². The van der Waals surface area contributed by atoms with Crippen LogP contribution < -0.4 is 10.1 Å². The van der Waals surface area contributed by atoms with Crippen molar-refractivity contribution in [2.75, 3.05) is 14.2 Å². The third-order valence-electron chi connectivity index (χ3n) is 2.87. The van der Waals surface area contributed by atoms with Crippen LogP contribution in [0.15, 0.2) is 24.3 Å². The average Bonchev–Trinajstić information content (AvgIpc) is 2.27. The molecule has 0 amide bonds. The highest BCUT2D eigenvalue weighted by Crippen LogP contribution is 2.33. The Hall–Kier alpha value is -1.55. The van der Waals surface area contributed by atoms with E-state index in [4.69, 9.17) is 4.74 Å². The summed E-state index contributed by atoms with van der Waals surface area (Å²) in [6.45, 7) is 0. The Morgan fingerprint density at radius 3 is 2.69 bits per heavy atom. The van der Waals surface area contributed by atoms with Crippen LogP contribution in [0.4, 0.5) is 0 Å². The van der Waals surface area contributed by atoms with Crippen LogP contribution in [0.3, 0.4) is 0 Å². The fraction of sp³-hybridized carbons (Fsp3) is 0.417. The number of hydrogen-bond acceptors (Lipinski definition) is 4. The van der Waals surface area contributed by atoms with E-state index in [9.17, 15) is 4.79 Å². The molecule has 2 unspecified atom stereocenters. The van der Waals surface area contributed by atoms with Crippen LogP contribution in [-0.4, -0.2) is 26.2 Å². The number of hydrogen-bond donors (Lipinski definition) is 1. The summed E-state index contributed by atoms with van der Waals surface area (Å²) in [6, 6.07) is 7.82. The normalized spacial score (nSPS) is 23.4. The number of esters is 1. The van der Waals surface area contributed by atoms with Crippen LogP contribution >= 0.6 is 0 Å². The van der Waals surface area contributed by atoms with Crippen LogP contribution in [0.1, 0.15) is 18.0 Å². The quantitative estimate of drug-likeness (QED) is 0.781. The van der Waals surface area contributed by atoms with Gasteiger partial charge in [-0.3, -0.25) is 10.1 Å². The van der Waals surface area contributed by atoms with E-state index < -0.39 is 0 Å². The molecule has 4 heteroatoms. The molecule has 4 nitrogen and oxygen atoms in total. The van der Waals surface area contributed by atoms with E-state index in [1.807, 2.05) is 24.3 Å². The zero-order chi connectivity index (χ0) is 11.5. The van der Waals surface area contributed by atoms with Gasteiger partial charge in [0.25, 0.3) is 0 Å². The molecule has 0 bridgehead atoms. The maximum absolute atomic E-state index is 11.2. The number of ether oxygens (including phenoxy) is 2. The second-order valence-corrected chi connectivity index (χ2v) is 3.77. The molecule has 0 saturated carbocycles. The zero-order valence-corrected chi connectivity index (χ0v) is 9.40. The smallest absolute Gasteiger partial charge is 0.322 e. The standard InChI is InChI=1S/C12H15NO3/c1-15-11-6-4-3-5-8(11)9-7-10(13-9)12(14)16-2/h3-6,9-10,13H,7H2,1-2H3. The fourth-order valence-electron chi connectivity index (χ4n) is 1.93. The summed E-state index contributed by atoms with van der Waals surface area (Å²) < 4.78 is 9.93. The van der Waals surface area contributed by atoms with Gasteiger partial charge < -0.3 is 9.47 Å². The molecule has 86 valence electrons. The van der Waals surface area contributed by atoms with Gasteiger partial charge in [0.15, 0.2) is 0 Å². The van der Waals surface area contributed by atoms with Crippen LogP contribution in [0.5, 0.6) is 5.75 Å². The Kier molecular flexibility index (Phi) is 3.10. The van der Waals surface area contributed by atoms with E-state index in [1.54, 1.807) is 7.11 Å². The SMILES string of the molecule is COC(=O)C1CC(c2ccccc2OC)N1. The van der Waals surface area contributed by atoms with Gasteiger partial charge >= 0.3 is 5.97 Å². The first kappa shape index (κ1) is 11.0. The van der Waals surface area contributed by atoms with Crippen molar-refractivity contribution in [2.45, 2.75) is 18.5 Å². The Labute approximate surface area is 94.6 Å². The molecule has 16 heavy (non-hydrogen) atoms. The number of benzene rings is 1. The summed E-state index contributed by atoms with van der Waals surface area (Å²) in [6.07, 6.45) is 0.757. The van der Waals surface area contributed by atoms with Crippen molar-refractivity contribution in [1.82, 2.24) is 5.32 Å². The topological polar surface area (TPSA) is 47.6 Å². The molecular formula is C12H15NO3. The Bertz CT molecular complexity index is 386. The lowest BCUT2D eigenvalue weighted by Gasteiger charge is -2.36. The van der Waals surface area contributed by atoms with Crippen molar-refractivity contribution in [1.29, 1.82) is 0 Å². The van der Waals surface area contributed by atoms with Gasteiger partial charge in [-0.05, 0) is 12.5 Å². The van der Waals surface area contributed by atoms with E-state index in [2.05, 4.69) is 10.1 Å². The van der Waals surface area contributed by atoms with Crippen molar-refractivity contribution in [3.8, 4) is 5.75 Å².